The number of aryl methyl sites for hydroxylation is 1. The van der Waals surface area contributed by atoms with Crippen LogP contribution >= 0.6 is 0 Å². The van der Waals surface area contributed by atoms with Crippen molar-refractivity contribution in [2.24, 2.45) is 0 Å². The monoisotopic (exact) mass is 500 g/mol. The number of piperidine rings is 2. The largest absolute Gasteiger partial charge is 0.491 e. The lowest BCUT2D eigenvalue weighted by atomic mass is 9.88. The van der Waals surface area contributed by atoms with Crippen molar-refractivity contribution in [2.75, 3.05) is 39.3 Å². The van der Waals surface area contributed by atoms with Gasteiger partial charge in [-0.3, -0.25) is 4.79 Å². The second-order valence-corrected chi connectivity index (χ2v) is 10.7. The van der Waals surface area contributed by atoms with Gasteiger partial charge in [0.25, 0.3) is 0 Å². The van der Waals surface area contributed by atoms with Crippen LogP contribution in [0, 0.1) is 0 Å². The van der Waals surface area contributed by atoms with Gasteiger partial charge in [0.2, 0.25) is 5.91 Å². The van der Waals surface area contributed by atoms with Gasteiger partial charge in [0.1, 0.15) is 18.5 Å². The Labute approximate surface area is 221 Å². The molecule has 5 rings (SSSR count). The van der Waals surface area contributed by atoms with Crippen LogP contribution in [0.5, 0.6) is 5.75 Å². The Morgan fingerprint density at radius 1 is 0.892 bits per heavy atom. The molecular weight excluding hydrogens is 460 g/mol. The molecule has 5 nitrogen and oxygen atoms in total. The van der Waals surface area contributed by atoms with Crippen LogP contribution in [0.3, 0.4) is 0 Å². The Morgan fingerprint density at radius 3 is 2.43 bits per heavy atom. The fraction of sp³-hybridized carbons (Fsp3) is 0.469. The maximum absolute atomic E-state index is 12.6. The highest BCUT2D eigenvalue weighted by Crippen LogP contribution is 2.30. The highest BCUT2D eigenvalue weighted by atomic mass is 16.5. The van der Waals surface area contributed by atoms with Crippen LogP contribution in [0.4, 0.5) is 0 Å². The molecule has 2 fully saturated rings. The van der Waals surface area contributed by atoms with Crippen LogP contribution in [0.2, 0.25) is 0 Å². The van der Waals surface area contributed by atoms with Crippen molar-refractivity contribution in [2.45, 2.75) is 57.0 Å². The van der Waals surface area contributed by atoms with Crippen molar-refractivity contribution in [1.82, 2.24) is 9.80 Å². The number of β-amino-alcohol motifs (C(OH)–C–C–N with tert-alkyl or cyclic N) is 1. The van der Waals surface area contributed by atoms with Crippen molar-refractivity contribution < 1.29 is 14.6 Å². The summed E-state index contributed by atoms with van der Waals surface area (Å²) in [6.07, 6.45) is 6.32. The van der Waals surface area contributed by atoms with Crippen molar-refractivity contribution in [3.05, 3.63) is 77.9 Å². The fourth-order valence-corrected chi connectivity index (χ4v) is 5.84. The minimum absolute atomic E-state index is 0.238. The summed E-state index contributed by atoms with van der Waals surface area (Å²) in [5.41, 5.74) is 2.47. The first-order valence-electron chi connectivity index (χ1n) is 14.0. The van der Waals surface area contributed by atoms with Crippen LogP contribution in [0.1, 0.15) is 55.6 Å². The van der Waals surface area contributed by atoms with Gasteiger partial charge in [-0.1, -0.05) is 60.7 Å². The molecule has 2 aliphatic heterocycles. The molecule has 196 valence electrons. The summed E-state index contributed by atoms with van der Waals surface area (Å²) in [7, 11) is 0. The second kappa shape index (κ2) is 12.6. The van der Waals surface area contributed by atoms with Crippen molar-refractivity contribution >= 4 is 16.7 Å². The zero-order valence-corrected chi connectivity index (χ0v) is 21.9. The molecule has 37 heavy (non-hydrogen) atoms. The number of benzene rings is 3. The number of aliphatic hydroxyl groups is 1. The first-order chi connectivity index (χ1) is 18.2. The standard InChI is InChI=1S/C32H40N2O3/c35-30(23-33-20-16-26(17-21-33)29-13-12-25-8-2-3-10-28(25)22-29)24-37-31-11-5-4-9-27(31)14-15-32(36)34-18-6-1-7-19-34/h2-5,8-13,22,26,30,35H,1,6-7,14-21,23-24H2. The van der Waals surface area contributed by atoms with E-state index in [4.69, 9.17) is 4.74 Å². The predicted molar refractivity (Wildman–Crippen MR) is 149 cm³/mol. The maximum atomic E-state index is 12.6. The molecule has 0 radical (unpaired) electrons. The molecule has 0 aliphatic carbocycles. The van der Waals surface area contributed by atoms with E-state index in [-0.39, 0.29) is 12.5 Å². The average molecular weight is 501 g/mol. The lowest BCUT2D eigenvalue weighted by molar-refractivity contribution is -0.132. The van der Waals surface area contributed by atoms with E-state index in [1.807, 2.05) is 29.2 Å². The Bertz CT molecular complexity index is 1170. The van der Waals surface area contributed by atoms with Gasteiger partial charge in [0.15, 0.2) is 0 Å². The number of likely N-dealkylation sites (tertiary alicyclic amines) is 2. The third kappa shape index (κ3) is 6.91. The minimum atomic E-state index is -0.541. The van der Waals surface area contributed by atoms with Crippen LogP contribution < -0.4 is 4.74 Å². The van der Waals surface area contributed by atoms with Gasteiger partial charge in [-0.2, -0.15) is 0 Å². The number of hydrogen-bond donors (Lipinski definition) is 1. The predicted octanol–water partition coefficient (Wildman–Crippen LogP) is 5.40. The summed E-state index contributed by atoms with van der Waals surface area (Å²) in [6, 6.07) is 23.3. The van der Waals surface area contributed by atoms with E-state index in [0.29, 0.717) is 25.3 Å². The van der Waals surface area contributed by atoms with Gasteiger partial charge >= 0.3 is 0 Å². The van der Waals surface area contributed by atoms with Crippen molar-refractivity contribution in [3.63, 3.8) is 0 Å². The smallest absolute Gasteiger partial charge is 0.222 e. The number of rotatable bonds is 9. The third-order valence-corrected chi connectivity index (χ3v) is 8.02. The summed E-state index contributed by atoms with van der Waals surface area (Å²) >= 11 is 0. The van der Waals surface area contributed by atoms with E-state index in [2.05, 4.69) is 47.4 Å². The topological polar surface area (TPSA) is 53.0 Å². The molecule has 3 aromatic carbocycles. The molecular formula is C32H40N2O3. The molecule has 2 saturated heterocycles. The second-order valence-electron chi connectivity index (χ2n) is 10.7. The lowest BCUT2D eigenvalue weighted by Crippen LogP contribution is -2.40. The Balaban J connectivity index is 1.07. The average Bonchev–Trinajstić information content (AvgIpc) is 2.96. The normalized spacial score (nSPS) is 18.1. The summed E-state index contributed by atoms with van der Waals surface area (Å²) < 4.78 is 6.05. The van der Waals surface area contributed by atoms with Gasteiger partial charge in [0, 0.05) is 26.1 Å². The zero-order chi connectivity index (χ0) is 25.5. The molecule has 1 N–H and O–H groups in total. The molecule has 1 unspecified atom stereocenters. The van der Waals surface area contributed by atoms with Crippen molar-refractivity contribution in [3.8, 4) is 5.75 Å². The lowest BCUT2D eigenvalue weighted by Gasteiger charge is -2.33. The summed E-state index contributed by atoms with van der Waals surface area (Å²) in [6.45, 7) is 4.65. The molecule has 1 amide bonds. The number of aliphatic hydroxyl groups excluding tert-OH is 1. The quantitative estimate of drug-likeness (QED) is 0.427. The SMILES string of the molecule is O=C(CCc1ccccc1OCC(O)CN1CCC(c2ccc3ccccc3c2)CC1)N1CCCCC1. The fourth-order valence-electron chi connectivity index (χ4n) is 5.84. The number of amides is 1. The summed E-state index contributed by atoms with van der Waals surface area (Å²) in [5.74, 6) is 1.60. The van der Waals surface area contributed by atoms with Gasteiger partial charge in [0.05, 0.1) is 0 Å². The first-order valence-corrected chi connectivity index (χ1v) is 14.0. The van der Waals surface area contributed by atoms with Gasteiger partial charge < -0.3 is 19.6 Å². The molecule has 5 heteroatoms. The molecule has 0 bridgehead atoms. The van der Waals surface area contributed by atoms with Gasteiger partial charge in [-0.05, 0) is 85.5 Å². The molecule has 0 saturated carbocycles. The highest BCUT2D eigenvalue weighted by Gasteiger charge is 2.23. The van der Waals surface area contributed by atoms with Crippen LogP contribution in [-0.2, 0) is 11.2 Å². The van der Waals surface area contributed by atoms with E-state index in [1.165, 1.54) is 22.8 Å². The number of nitrogens with zero attached hydrogens (tertiary/aromatic N) is 2. The van der Waals surface area contributed by atoms with Crippen LogP contribution in [0.25, 0.3) is 10.8 Å². The number of carbonyl (C=O) groups is 1. The summed E-state index contributed by atoms with van der Waals surface area (Å²) in [4.78, 5) is 16.9. The number of para-hydroxylation sites is 1. The number of ether oxygens (including phenoxy) is 1. The number of hydrogen-bond acceptors (Lipinski definition) is 4. The van der Waals surface area contributed by atoms with Gasteiger partial charge in [-0.15, -0.1) is 0 Å². The molecule has 0 spiro atoms. The molecule has 3 aromatic rings. The molecule has 1 atom stereocenters. The number of fused-ring (bicyclic) bond motifs is 1. The van der Waals surface area contributed by atoms with Gasteiger partial charge in [-0.25, -0.2) is 0 Å². The summed E-state index contributed by atoms with van der Waals surface area (Å²) in [5, 5.41) is 13.3. The van der Waals surface area contributed by atoms with E-state index < -0.39 is 6.10 Å². The third-order valence-electron chi connectivity index (χ3n) is 8.02. The Morgan fingerprint density at radius 2 is 1.62 bits per heavy atom. The van der Waals surface area contributed by atoms with Crippen molar-refractivity contribution in [1.29, 1.82) is 0 Å². The zero-order valence-electron chi connectivity index (χ0n) is 21.9. The van der Waals surface area contributed by atoms with E-state index in [1.54, 1.807) is 0 Å². The molecule has 2 aliphatic rings. The van der Waals surface area contributed by atoms with E-state index in [0.717, 1.165) is 63.2 Å². The Hall–Kier alpha value is -2.89. The number of carbonyl (C=O) groups excluding carboxylic acids is 1. The van der Waals surface area contributed by atoms with Crippen LogP contribution in [0.15, 0.2) is 66.7 Å². The first kappa shape index (κ1) is 25.7. The minimum Gasteiger partial charge on any atom is -0.491 e. The Kier molecular flexibility index (Phi) is 8.75. The maximum Gasteiger partial charge on any atom is 0.222 e. The molecule has 0 aromatic heterocycles. The van der Waals surface area contributed by atoms with E-state index in [9.17, 15) is 9.90 Å². The highest BCUT2D eigenvalue weighted by molar-refractivity contribution is 5.83. The van der Waals surface area contributed by atoms with Crippen LogP contribution in [-0.4, -0.2) is 66.2 Å². The molecule has 2 heterocycles. The van der Waals surface area contributed by atoms with E-state index >= 15 is 0 Å².